The van der Waals surface area contributed by atoms with Crippen molar-refractivity contribution in [1.82, 2.24) is 0 Å². The van der Waals surface area contributed by atoms with Crippen LogP contribution in [0.1, 0.15) is 39.0 Å². The summed E-state index contributed by atoms with van der Waals surface area (Å²) >= 11 is 4.76. The van der Waals surface area contributed by atoms with E-state index in [2.05, 4.69) is 24.8 Å². The van der Waals surface area contributed by atoms with Gasteiger partial charge >= 0.3 is 5.97 Å². The Morgan fingerprint density at radius 2 is 1.93 bits per heavy atom. The highest BCUT2D eigenvalue weighted by atomic mass is 35.5. The van der Waals surface area contributed by atoms with Crippen molar-refractivity contribution in [3.05, 3.63) is 25.0 Å². The van der Waals surface area contributed by atoms with Crippen molar-refractivity contribution in [2.45, 2.75) is 39.0 Å². The van der Waals surface area contributed by atoms with Gasteiger partial charge in [0.05, 0.1) is 6.26 Å². The number of halogens is 1. The fraction of sp³-hybridized carbons (Fsp3) is 0.545. The van der Waals surface area contributed by atoms with Gasteiger partial charge in [-0.1, -0.05) is 50.9 Å². The maximum Gasteiger partial charge on any atom is 0.310 e. The number of unbranched alkanes of at least 4 members (excludes halogenated alkanes) is 3. The normalized spacial score (nSPS) is 8.14. The molecule has 0 aliphatic heterocycles. The first-order valence-corrected chi connectivity index (χ1v) is 5.18. The number of ether oxygens (including phenoxy) is 1. The van der Waals surface area contributed by atoms with E-state index < -0.39 is 0 Å². The molecule has 0 amide bonds. The third-order valence-electron chi connectivity index (χ3n) is 1.45. The molecule has 0 spiro atoms. The van der Waals surface area contributed by atoms with Crippen molar-refractivity contribution in [3.63, 3.8) is 0 Å². The lowest BCUT2D eigenvalue weighted by molar-refractivity contribution is -0.138. The van der Waals surface area contributed by atoms with E-state index in [1.807, 2.05) is 0 Å². The Bertz CT molecular complexity index is 155. The molecule has 82 valence electrons. The van der Waals surface area contributed by atoms with Crippen LogP contribution in [0.25, 0.3) is 0 Å². The maximum absolute atomic E-state index is 10.7. The Labute approximate surface area is 91.6 Å². The summed E-state index contributed by atoms with van der Waals surface area (Å²) in [5, 5.41) is 0. The van der Waals surface area contributed by atoms with E-state index >= 15 is 0 Å². The van der Waals surface area contributed by atoms with Crippen LogP contribution in [0.4, 0.5) is 0 Å². The fourth-order valence-electron chi connectivity index (χ4n) is 0.848. The summed E-state index contributed by atoms with van der Waals surface area (Å²) in [5.41, 5.74) is 1.22. The van der Waals surface area contributed by atoms with Crippen LogP contribution in [0.15, 0.2) is 25.0 Å². The zero-order valence-electron chi connectivity index (χ0n) is 8.80. The average molecular weight is 219 g/mol. The molecule has 0 saturated carbocycles. The molecule has 0 unspecified atom stereocenters. The van der Waals surface area contributed by atoms with Crippen molar-refractivity contribution in [2.75, 3.05) is 0 Å². The minimum atomic E-state index is -0.170. The predicted octanol–water partition coefficient (Wildman–Crippen LogP) is 4.01. The lowest BCUT2D eigenvalue weighted by Crippen LogP contribution is -1.98. The molecular formula is C11H19ClO2. The van der Waals surface area contributed by atoms with Gasteiger partial charge in [0.15, 0.2) is 0 Å². The summed E-state index contributed by atoms with van der Waals surface area (Å²) in [6, 6.07) is 0. The molecule has 14 heavy (non-hydrogen) atoms. The molecule has 2 nitrogen and oxygen atoms in total. The standard InChI is InChI=1S/C9H16O2.C2H3Cl/c1-3-5-6-7-8-9(10)11-4-2;1-2-3/h4H,2-3,5-8H2,1H3;2H,1H2. The molecule has 0 aromatic rings. The first-order valence-electron chi connectivity index (χ1n) is 4.74. The number of carbonyl (C=O) groups is 1. The van der Waals surface area contributed by atoms with E-state index in [1.54, 1.807) is 0 Å². The topological polar surface area (TPSA) is 26.3 Å². The molecule has 0 aliphatic rings. The van der Waals surface area contributed by atoms with Crippen LogP contribution in [0.2, 0.25) is 0 Å². The third-order valence-corrected chi connectivity index (χ3v) is 1.45. The zero-order valence-corrected chi connectivity index (χ0v) is 9.55. The lowest BCUT2D eigenvalue weighted by Gasteiger charge is -1.97. The zero-order chi connectivity index (χ0) is 11.2. The SMILES string of the molecule is C=CCl.C=COC(=O)CCCCCC. The largest absolute Gasteiger partial charge is 0.435 e. The maximum atomic E-state index is 10.7. The lowest BCUT2D eigenvalue weighted by atomic mass is 10.2. The molecule has 0 N–H and O–H groups in total. The molecule has 0 bridgehead atoms. The molecule has 0 aliphatic carbocycles. The molecule has 0 radical (unpaired) electrons. The van der Waals surface area contributed by atoms with Gasteiger partial charge in [-0.25, -0.2) is 0 Å². The highest BCUT2D eigenvalue weighted by Crippen LogP contribution is 2.03. The van der Waals surface area contributed by atoms with Gasteiger partial charge in [0, 0.05) is 6.42 Å². The number of hydrogen-bond acceptors (Lipinski definition) is 2. The van der Waals surface area contributed by atoms with Gasteiger partial charge < -0.3 is 4.74 Å². The Morgan fingerprint density at radius 3 is 2.36 bits per heavy atom. The molecule has 0 aromatic heterocycles. The number of carbonyl (C=O) groups excluding carboxylic acids is 1. The first-order chi connectivity index (χ1) is 6.72. The van der Waals surface area contributed by atoms with E-state index in [1.165, 1.54) is 24.6 Å². The number of rotatable bonds is 6. The van der Waals surface area contributed by atoms with Crippen molar-refractivity contribution in [2.24, 2.45) is 0 Å². The van der Waals surface area contributed by atoms with E-state index in [0.29, 0.717) is 6.42 Å². The quantitative estimate of drug-likeness (QED) is 0.383. The smallest absolute Gasteiger partial charge is 0.310 e. The summed E-state index contributed by atoms with van der Waals surface area (Å²) in [4.78, 5) is 10.7. The Morgan fingerprint density at radius 1 is 1.36 bits per heavy atom. The number of esters is 1. The van der Waals surface area contributed by atoms with E-state index in [9.17, 15) is 4.79 Å². The minimum absolute atomic E-state index is 0.170. The Balaban J connectivity index is 0. The second kappa shape index (κ2) is 14.7. The van der Waals surface area contributed by atoms with Crippen LogP contribution in [0, 0.1) is 0 Å². The highest BCUT2D eigenvalue weighted by Gasteiger charge is 1.98. The van der Waals surface area contributed by atoms with Gasteiger partial charge in [-0.05, 0) is 12.0 Å². The van der Waals surface area contributed by atoms with Crippen LogP contribution < -0.4 is 0 Å². The average Bonchev–Trinajstić information content (AvgIpc) is 2.14. The van der Waals surface area contributed by atoms with Gasteiger partial charge in [-0.2, -0.15) is 0 Å². The Hall–Kier alpha value is -0.760. The van der Waals surface area contributed by atoms with Gasteiger partial charge in [0.25, 0.3) is 0 Å². The highest BCUT2D eigenvalue weighted by molar-refractivity contribution is 6.25. The first kappa shape index (κ1) is 15.7. The molecule has 0 saturated heterocycles. The van der Waals surface area contributed by atoms with E-state index in [0.717, 1.165) is 12.8 Å². The van der Waals surface area contributed by atoms with E-state index in [4.69, 9.17) is 11.6 Å². The summed E-state index contributed by atoms with van der Waals surface area (Å²) in [7, 11) is 0. The van der Waals surface area contributed by atoms with Crippen molar-refractivity contribution < 1.29 is 9.53 Å². The van der Waals surface area contributed by atoms with Crippen LogP contribution in [-0.2, 0) is 9.53 Å². The number of hydrogen-bond donors (Lipinski definition) is 0. The molecule has 0 heterocycles. The van der Waals surface area contributed by atoms with Gasteiger partial charge in [-0.15, -0.1) is 0 Å². The van der Waals surface area contributed by atoms with Crippen LogP contribution >= 0.6 is 11.6 Å². The van der Waals surface area contributed by atoms with E-state index in [-0.39, 0.29) is 5.97 Å². The Kier molecular flexibility index (Phi) is 16.5. The van der Waals surface area contributed by atoms with Crippen molar-refractivity contribution in [1.29, 1.82) is 0 Å². The van der Waals surface area contributed by atoms with Crippen LogP contribution in [-0.4, -0.2) is 5.97 Å². The van der Waals surface area contributed by atoms with Crippen molar-refractivity contribution >= 4 is 17.6 Å². The summed E-state index contributed by atoms with van der Waals surface area (Å²) in [6.45, 7) is 8.57. The second-order valence-electron chi connectivity index (χ2n) is 2.62. The molecule has 3 heteroatoms. The molecule has 0 rings (SSSR count). The second-order valence-corrected chi connectivity index (χ2v) is 2.93. The fourth-order valence-corrected chi connectivity index (χ4v) is 0.848. The molecular weight excluding hydrogens is 200 g/mol. The van der Waals surface area contributed by atoms with Gasteiger partial charge in [-0.3, -0.25) is 4.79 Å². The van der Waals surface area contributed by atoms with Gasteiger partial charge in [0.1, 0.15) is 0 Å². The van der Waals surface area contributed by atoms with Gasteiger partial charge in [0.2, 0.25) is 0 Å². The van der Waals surface area contributed by atoms with Crippen molar-refractivity contribution in [3.8, 4) is 0 Å². The molecule has 0 atom stereocenters. The minimum Gasteiger partial charge on any atom is -0.435 e. The predicted molar refractivity (Wildman–Crippen MR) is 61.1 cm³/mol. The monoisotopic (exact) mass is 218 g/mol. The third kappa shape index (κ3) is 17.4. The molecule has 0 fully saturated rings. The summed E-state index contributed by atoms with van der Waals surface area (Å²) < 4.78 is 4.55. The van der Waals surface area contributed by atoms with Crippen LogP contribution in [0.5, 0.6) is 0 Å². The summed E-state index contributed by atoms with van der Waals surface area (Å²) in [5.74, 6) is -0.170. The molecule has 0 aromatic carbocycles. The summed E-state index contributed by atoms with van der Waals surface area (Å²) in [6.07, 6.45) is 6.13. The van der Waals surface area contributed by atoms with Crippen LogP contribution in [0.3, 0.4) is 0 Å².